The second-order valence-corrected chi connectivity index (χ2v) is 6.55. The van der Waals surface area contributed by atoms with Crippen LogP contribution in [-0.4, -0.2) is 22.9 Å². The zero-order chi connectivity index (χ0) is 19.8. The van der Waals surface area contributed by atoms with Crippen LogP contribution in [0.5, 0.6) is 11.5 Å². The average Bonchev–Trinajstić information content (AvgIpc) is 2.76. The van der Waals surface area contributed by atoms with Crippen molar-refractivity contribution in [1.82, 2.24) is 0 Å². The lowest BCUT2D eigenvalue weighted by molar-refractivity contribution is 0.109. The van der Waals surface area contributed by atoms with Gasteiger partial charge in [0, 0.05) is 0 Å². The molecule has 5 heteroatoms. The van der Waals surface area contributed by atoms with Crippen molar-refractivity contribution in [1.29, 1.82) is 0 Å². The van der Waals surface area contributed by atoms with Gasteiger partial charge in [0.2, 0.25) is 0 Å². The van der Waals surface area contributed by atoms with Gasteiger partial charge < -0.3 is 25.4 Å². The topological polar surface area (TPSA) is 84.9 Å². The van der Waals surface area contributed by atoms with Gasteiger partial charge >= 0.3 is 0 Å². The predicted molar refractivity (Wildman–Crippen MR) is 108 cm³/mol. The van der Waals surface area contributed by atoms with Crippen LogP contribution in [0.1, 0.15) is 22.8 Å². The van der Waals surface area contributed by atoms with Gasteiger partial charge in [0.05, 0.1) is 18.8 Å². The molecule has 0 radical (unpaired) electrons. The van der Waals surface area contributed by atoms with Crippen molar-refractivity contribution in [3.05, 3.63) is 95.6 Å². The lowest BCUT2D eigenvalue weighted by atomic mass is 10.0. The van der Waals surface area contributed by atoms with Crippen molar-refractivity contribution in [2.45, 2.75) is 25.4 Å². The highest BCUT2D eigenvalue weighted by atomic mass is 16.5. The molecule has 3 aromatic carbocycles. The monoisotopic (exact) mass is 379 g/mol. The molecule has 4 N–H and O–H groups in total. The van der Waals surface area contributed by atoms with E-state index in [2.05, 4.69) is 0 Å². The fourth-order valence-electron chi connectivity index (χ4n) is 2.76. The van der Waals surface area contributed by atoms with E-state index in [9.17, 15) is 10.2 Å². The summed E-state index contributed by atoms with van der Waals surface area (Å²) in [5, 5.41) is 19.5. The molecule has 146 valence electrons. The molecule has 2 unspecified atom stereocenters. The summed E-state index contributed by atoms with van der Waals surface area (Å²) in [4.78, 5) is 0. The number of hydrogen-bond donors (Lipinski definition) is 3. The Morgan fingerprint density at radius 3 is 1.82 bits per heavy atom. The third-order valence-corrected chi connectivity index (χ3v) is 4.40. The smallest absolute Gasteiger partial charge is 0.162 e. The largest absolute Gasteiger partial charge is 0.485 e. The average molecular weight is 379 g/mol. The van der Waals surface area contributed by atoms with Crippen molar-refractivity contribution in [2.24, 2.45) is 5.73 Å². The Morgan fingerprint density at radius 2 is 1.29 bits per heavy atom. The van der Waals surface area contributed by atoms with Crippen LogP contribution in [0.2, 0.25) is 0 Å². The maximum Gasteiger partial charge on any atom is 0.162 e. The summed E-state index contributed by atoms with van der Waals surface area (Å²) in [5.41, 5.74) is 8.40. The standard InChI is InChI=1S/C23H25NO4/c24-20(14-25)23(26)19-11-12-21(27-15-17-7-3-1-4-8-17)22(13-19)28-16-18-9-5-2-6-10-18/h1-13,20,23,25-26H,14-16,24H2. The Balaban J connectivity index is 1.80. The van der Waals surface area contributed by atoms with Crippen molar-refractivity contribution < 1.29 is 19.7 Å². The van der Waals surface area contributed by atoms with E-state index < -0.39 is 12.1 Å². The molecule has 3 rings (SSSR count). The summed E-state index contributed by atoms with van der Waals surface area (Å²) in [7, 11) is 0. The van der Waals surface area contributed by atoms with Gasteiger partial charge in [-0.1, -0.05) is 66.7 Å². The SMILES string of the molecule is NC(CO)C(O)c1ccc(OCc2ccccc2)c(OCc2ccccc2)c1. The number of aliphatic hydroxyl groups excluding tert-OH is 2. The summed E-state index contributed by atoms with van der Waals surface area (Å²) in [6.07, 6.45) is -0.993. The third-order valence-electron chi connectivity index (χ3n) is 4.40. The van der Waals surface area contributed by atoms with E-state index >= 15 is 0 Å². The van der Waals surface area contributed by atoms with E-state index in [4.69, 9.17) is 15.2 Å². The molecule has 0 aliphatic carbocycles. The van der Waals surface area contributed by atoms with Gasteiger partial charge in [-0.3, -0.25) is 0 Å². The van der Waals surface area contributed by atoms with Crippen molar-refractivity contribution in [3.63, 3.8) is 0 Å². The van der Waals surface area contributed by atoms with Gasteiger partial charge in [-0.2, -0.15) is 0 Å². The fourth-order valence-corrected chi connectivity index (χ4v) is 2.76. The first-order valence-electron chi connectivity index (χ1n) is 9.19. The van der Waals surface area contributed by atoms with Gasteiger partial charge in [0.25, 0.3) is 0 Å². The van der Waals surface area contributed by atoms with Gasteiger partial charge in [-0.25, -0.2) is 0 Å². The molecule has 0 saturated carbocycles. The predicted octanol–water partition coefficient (Wildman–Crippen LogP) is 3.20. The van der Waals surface area contributed by atoms with E-state index in [0.717, 1.165) is 11.1 Å². The molecule has 0 aliphatic heterocycles. The van der Waals surface area contributed by atoms with Gasteiger partial charge in [0.1, 0.15) is 13.2 Å². The third kappa shape index (κ3) is 5.33. The molecule has 28 heavy (non-hydrogen) atoms. The van der Waals surface area contributed by atoms with Crippen LogP contribution in [0.15, 0.2) is 78.9 Å². The highest BCUT2D eigenvalue weighted by Crippen LogP contribution is 2.32. The molecular formula is C23H25NO4. The Kier molecular flexibility index (Phi) is 7.03. The van der Waals surface area contributed by atoms with E-state index in [1.165, 1.54) is 0 Å². The molecule has 0 spiro atoms. The number of nitrogens with two attached hydrogens (primary N) is 1. The molecule has 0 aliphatic rings. The molecule has 0 saturated heterocycles. The maximum absolute atomic E-state index is 10.3. The Hall–Kier alpha value is -2.86. The minimum Gasteiger partial charge on any atom is -0.485 e. The van der Waals surface area contributed by atoms with Gasteiger partial charge in [0.15, 0.2) is 11.5 Å². The highest BCUT2D eigenvalue weighted by Gasteiger charge is 2.18. The van der Waals surface area contributed by atoms with Gasteiger partial charge in [-0.15, -0.1) is 0 Å². The zero-order valence-corrected chi connectivity index (χ0v) is 15.6. The van der Waals surface area contributed by atoms with Crippen LogP contribution in [0, 0.1) is 0 Å². The zero-order valence-electron chi connectivity index (χ0n) is 15.6. The summed E-state index contributed by atoms with van der Waals surface area (Å²) in [6, 6.07) is 24.1. The second kappa shape index (κ2) is 9.90. The van der Waals surface area contributed by atoms with Gasteiger partial charge in [-0.05, 0) is 28.8 Å². The fraction of sp³-hybridized carbons (Fsp3) is 0.217. The lowest BCUT2D eigenvalue weighted by Crippen LogP contribution is -2.31. The van der Waals surface area contributed by atoms with E-state index in [0.29, 0.717) is 30.3 Å². The first kappa shape index (κ1) is 19.9. The number of ether oxygens (including phenoxy) is 2. The first-order chi connectivity index (χ1) is 13.7. The van der Waals surface area contributed by atoms with Crippen molar-refractivity contribution in [2.75, 3.05) is 6.61 Å². The van der Waals surface area contributed by atoms with E-state index in [-0.39, 0.29) is 6.61 Å². The van der Waals surface area contributed by atoms with Crippen LogP contribution in [-0.2, 0) is 13.2 Å². The number of benzene rings is 3. The lowest BCUT2D eigenvalue weighted by Gasteiger charge is -2.19. The van der Waals surface area contributed by atoms with Crippen LogP contribution in [0.4, 0.5) is 0 Å². The van der Waals surface area contributed by atoms with Crippen LogP contribution >= 0.6 is 0 Å². The minimum absolute atomic E-state index is 0.312. The number of aliphatic hydroxyl groups is 2. The molecule has 0 aromatic heterocycles. The number of rotatable bonds is 9. The summed E-state index contributed by atoms with van der Waals surface area (Å²) in [6.45, 7) is 0.461. The Morgan fingerprint density at radius 1 is 0.750 bits per heavy atom. The molecule has 3 aromatic rings. The van der Waals surface area contributed by atoms with E-state index in [1.807, 2.05) is 60.7 Å². The van der Waals surface area contributed by atoms with Crippen molar-refractivity contribution in [3.8, 4) is 11.5 Å². The molecule has 0 fully saturated rings. The molecule has 0 heterocycles. The first-order valence-corrected chi connectivity index (χ1v) is 9.19. The van der Waals surface area contributed by atoms with E-state index in [1.54, 1.807) is 18.2 Å². The Labute approximate surface area is 165 Å². The highest BCUT2D eigenvalue weighted by molar-refractivity contribution is 5.44. The molecular weight excluding hydrogens is 354 g/mol. The normalized spacial score (nSPS) is 13.0. The van der Waals surface area contributed by atoms with Crippen LogP contribution in [0.25, 0.3) is 0 Å². The number of hydrogen-bond acceptors (Lipinski definition) is 5. The van der Waals surface area contributed by atoms with Crippen molar-refractivity contribution >= 4 is 0 Å². The Bertz CT molecular complexity index is 855. The summed E-state index contributed by atoms with van der Waals surface area (Å²) < 4.78 is 11.9. The second-order valence-electron chi connectivity index (χ2n) is 6.55. The molecule has 5 nitrogen and oxygen atoms in total. The molecule has 2 atom stereocenters. The van der Waals surface area contributed by atoms with Crippen LogP contribution in [0.3, 0.4) is 0 Å². The van der Waals surface area contributed by atoms with Crippen LogP contribution < -0.4 is 15.2 Å². The molecule has 0 bridgehead atoms. The quantitative estimate of drug-likeness (QED) is 0.532. The molecule has 0 amide bonds. The maximum atomic E-state index is 10.3. The minimum atomic E-state index is -0.993. The summed E-state index contributed by atoms with van der Waals surface area (Å²) in [5.74, 6) is 1.09. The summed E-state index contributed by atoms with van der Waals surface area (Å²) >= 11 is 0.